The van der Waals surface area contributed by atoms with E-state index in [4.69, 9.17) is 5.73 Å². The van der Waals surface area contributed by atoms with Crippen LogP contribution in [0.4, 0.5) is 0 Å². The van der Waals surface area contributed by atoms with Gasteiger partial charge < -0.3 is 11.1 Å². The Morgan fingerprint density at radius 2 is 2.46 bits per heavy atom. The third-order valence-electron chi connectivity index (χ3n) is 1.50. The van der Waals surface area contributed by atoms with Gasteiger partial charge in [-0.25, -0.2) is 4.98 Å². The number of carbonyl (C=O) groups is 1. The first-order valence-electron chi connectivity index (χ1n) is 3.94. The van der Waals surface area contributed by atoms with E-state index in [1.807, 2.05) is 5.38 Å². The molecule has 0 fully saturated rings. The lowest BCUT2D eigenvalue weighted by molar-refractivity contribution is -0.125. The van der Waals surface area contributed by atoms with Crippen molar-refractivity contribution in [3.05, 3.63) is 16.6 Å². The molecule has 5 heteroatoms. The first-order valence-corrected chi connectivity index (χ1v) is 4.88. The molecule has 3 N–H and O–H groups in total. The minimum Gasteiger partial charge on any atom is -0.349 e. The van der Waals surface area contributed by atoms with Crippen molar-refractivity contribution in [2.24, 2.45) is 5.73 Å². The number of nitrogens with two attached hydrogens (primary N) is 1. The van der Waals surface area contributed by atoms with Crippen LogP contribution in [-0.2, 0) is 11.3 Å². The van der Waals surface area contributed by atoms with E-state index < -0.39 is 5.54 Å². The molecule has 0 radical (unpaired) electrons. The Kier molecular flexibility index (Phi) is 3.00. The number of amides is 1. The molecule has 4 nitrogen and oxygen atoms in total. The molecule has 1 rings (SSSR count). The third kappa shape index (κ3) is 3.12. The summed E-state index contributed by atoms with van der Waals surface area (Å²) in [5.41, 5.74) is 7.36. The topological polar surface area (TPSA) is 68.0 Å². The summed E-state index contributed by atoms with van der Waals surface area (Å²) in [5.74, 6) is -0.166. The number of carbonyl (C=O) groups excluding carboxylic acids is 1. The number of hydrogen-bond donors (Lipinski definition) is 2. The highest BCUT2D eigenvalue weighted by molar-refractivity contribution is 7.07. The SMILES string of the molecule is CC(C)(N)C(=O)NCc1cscn1. The summed E-state index contributed by atoms with van der Waals surface area (Å²) in [5, 5.41) is 4.60. The molecule has 13 heavy (non-hydrogen) atoms. The minimum absolute atomic E-state index is 0.166. The lowest BCUT2D eigenvalue weighted by Gasteiger charge is -2.16. The molecule has 1 aromatic rings. The molecule has 1 heterocycles. The molecular formula is C8H13N3OS. The van der Waals surface area contributed by atoms with Gasteiger partial charge in [0.2, 0.25) is 5.91 Å². The average Bonchev–Trinajstić information content (AvgIpc) is 2.50. The minimum atomic E-state index is -0.823. The van der Waals surface area contributed by atoms with Gasteiger partial charge in [-0.1, -0.05) is 0 Å². The van der Waals surface area contributed by atoms with Gasteiger partial charge in [0.25, 0.3) is 0 Å². The van der Waals surface area contributed by atoms with Crippen LogP contribution in [0.5, 0.6) is 0 Å². The van der Waals surface area contributed by atoms with Gasteiger partial charge in [0.05, 0.1) is 23.3 Å². The van der Waals surface area contributed by atoms with Crippen LogP contribution in [0, 0.1) is 0 Å². The number of aromatic nitrogens is 1. The summed E-state index contributed by atoms with van der Waals surface area (Å²) in [4.78, 5) is 15.3. The molecule has 0 saturated heterocycles. The Labute approximate surface area is 81.2 Å². The van der Waals surface area contributed by atoms with Crippen molar-refractivity contribution in [2.75, 3.05) is 0 Å². The van der Waals surface area contributed by atoms with E-state index in [-0.39, 0.29) is 5.91 Å². The number of nitrogens with one attached hydrogen (secondary N) is 1. The highest BCUT2D eigenvalue weighted by atomic mass is 32.1. The van der Waals surface area contributed by atoms with Gasteiger partial charge in [0.1, 0.15) is 0 Å². The predicted octanol–water partition coefficient (Wildman–Crippen LogP) is 0.497. The zero-order valence-electron chi connectivity index (χ0n) is 7.70. The van der Waals surface area contributed by atoms with E-state index in [1.54, 1.807) is 19.4 Å². The molecule has 0 saturated carbocycles. The van der Waals surface area contributed by atoms with Crippen molar-refractivity contribution in [1.82, 2.24) is 10.3 Å². The standard InChI is InChI=1S/C8H13N3OS/c1-8(2,9)7(12)10-3-6-4-13-5-11-6/h4-5H,3,9H2,1-2H3,(H,10,12). The zero-order chi connectivity index (χ0) is 9.90. The van der Waals surface area contributed by atoms with Crippen LogP contribution in [-0.4, -0.2) is 16.4 Å². The quantitative estimate of drug-likeness (QED) is 0.744. The zero-order valence-corrected chi connectivity index (χ0v) is 8.52. The van der Waals surface area contributed by atoms with Crippen molar-refractivity contribution in [3.63, 3.8) is 0 Å². The molecule has 0 unspecified atom stereocenters. The average molecular weight is 199 g/mol. The van der Waals surface area contributed by atoms with Gasteiger partial charge >= 0.3 is 0 Å². The van der Waals surface area contributed by atoms with Crippen molar-refractivity contribution in [3.8, 4) is 0 Å². The molecule has 0 aliphatic heterocycles. The Morgan fingerprint density at radius 1 is 1.77 bits per heavy atom. The molecule has 0 spiro atoms. The maximum Gasteiger partial charge on any atom is 0.239 e. The van der Waals surface area contributed by atoms with Crippen LogP contribution in [0.2, 0.25) is 0 Å². The fraction of sp³-hybridized carbons (Fsp3) is 0.500. The fourth-order valence-corrected chi connectivity index (χ4v) is 1.28. The van der Waals surface area contributed by atoms with Crippen LogP contribution in [0.25, 0.3) is 0 Å². The Bertz CT molecular complexity index is 276. The van der Waals surface area contributed by atoms with Gasteiger partial charge in [-0.05, 0) is 13.8 Å². The number of rotatable bonds is 3. The van der Waals surface area contributed by atoms with Crippen LogP contribution in [0.15, 0.2) is 10.9 Å². The van der Waals surface area contributed by atoms with Crippen LogP contribution < -0.4 is 11.1 Å². The molecule has 0 aliphatic rings. The van der Waals surface area contributed by atoms with Gasteiger partial charge in [0, 0.05) is 5.38 Å². The number of thiazole rings is 1. The van der Waals surface area contributed by atoms with E-state index in [9.17, 15) is 4.79 Å². The van der Waals surface area contributed by atoms with Crippen molar-refractivity contribution >= 4 is 17.2 Å². The highest BCUT2D eigenvalue weighted by Crippen LogP contribution is 2.01. The Hall–Kier alpha value is -0.940. The van der Waals surface area contributed by atoms with Crippen molar-refractivity contribution in [1.29, 1.82) is 0 Å². The normalized spacial score (nSPS) is 11.3. The van der Waals surface area contributed by atoms with E-state index in [0.717, 1.165) is 5.69 Å². The lowest BCUT2D eigenvalue weighted by atomic mass is 10.1. The fourth-order valence-electron chi connectivity index (χ4n) is 0.723. The summed E-state index contributed by atoms with van der Waals surface area (Å²) in [6.07, 6.45) is 0. The summed E-state index contributed by atoms with van der Waals surface area (Å²) in [6, 6.07) is 0. The summed E-state index contributed by atoms with van der Waals surface area (Å²) >= 11 is 1.51. The third-order valence-corrected chi connectivity index (χ3v) is 2.13. The second-order valence-corrected chi connectivity index (χ2v) is 4.10. The monoisotopic (exact) mass is 199 g/mol. The summed E-state index contributed by atoms with van der Waals surface area (Å²) in [7, 11) is 0. The van der Waals surface area contributed by atoms with Gasteiger partial charge in [-0.2, -0.15) is 0 Å². The second kappa shape index (κ2) is 3.85. The van der Waals surface area contributed by atoms with E-state index in [2.05, 4.69) is 10.3 Å². The first-order chi connectivity index (χ1) is 6.00. The molecule has 1 amide bonds. The maximum absolute atomic E-state index is 11.3. The summed E-state index contributed by atoms with van der Waals surface area (Å²) < 4.78 is 0. The van der Waals surface area contributed by atoms with Crippen LogP contribution >= 0.6 is 11.3 Å². The number of hydrogen-bond acceptors (Lipinski definition) is 4. The smallest absolute Gasteiger partial charge is 0.239 e. The summed E-state index contributed by atoms with van der Waals surface area (Å²) in [6.45, 7) is 3.79. The molecule has 0 aliphatic carbocycles. The highest BCUT2D eigenvalue weighted by Gasteiger charge is 2.21. The Balaban J connectivity index is 2.40. The van der Waals surface area contributed by atoms with Crippen LogP contribution in [0.1, 0.15) is 19.5 Å². The van der Waals surface area contributed by atoms with Gasteiger partial charge in [0.15, 0.2) is 0 Å². The predicted molar refractivity (Wildman–Crippen MR) is 52.2 cm³/mol. The Morgan fingerprint density at radius 3 is 2.92 bits per heavy atom. The van der Waals surface area contributed by atoms with Crippen molar-refractivity contribution in [2.45, 2.75) is 25.9 Å². The second-order valence-electron chi connectivity index (χ2n) is 3.38. The van der Waals surface area contributed by atoms with Gasteiger partial charge in [-0.15, -0.1) is 11.3 Å². The molecular weight excluding hydrogens is 186 g/mol. The van der Waals surface area contributed by atoms with Gasteiger partial charge in [-0.3, -0.25) is 4.79 Å². The lowest BCUT2D eigenvalue weighted by Crippen LogP contribution is -2.48. The van der Waals surface area contributed by atoms with Crippen LogP contribution in [0.3, 0.4) is 0 Å². The molecule has 0 aromatic carbocycles. The maximum atomic E-state index is 11.3. The van der Waals surface area contributed by atoms with E-state index in [1.165, 1.54) is 11.3 Å². The largest absolute Gasteiger partial charge is 0.349 e. The first kappa shape index (κ1) is 10.1. The van der Waals surface area contributed by atoms with E-state index in [0.29, 0.717) is 6.54 Å². The molecule has 1 aromatic heterocycles. The number of nitrogens with zero attached hydrogens (tertiary/aromatic N) is 1. The molecule has 0 bridgehead atoms. The molecule has 0 atom stereocenters. The molecule has 72 valence electrons. The van der Waals surface area contributed by atoms with E-state index >= 15 is 0 Å². The van der Waals surface area contributed by atoms with Crippen molar-refractivity contribution < 1.29 is 4.79 Å².